The molecular formula is C13H15NO2S. The molecule has 1 heterocycles. The fraction of sp³-hybridized carbons (Fsp3) is 0.462. The Hall–Kier alpha value is -1.25. The number of isocyanates is 1. The summed E-state index contributed by atoms with van der Waals surface area (Å²) in [6, 6.07) is 7.77. The Morgan fingerprint density at radius 2 is 2.24 bits per heavy atom. The van der Waals surface area contributed by atoms with E-state index in [1.165, 1.54) is 11.5 Å². The number of ether oxygens (including phenoxy) is 1. The first-order valence-electron chi connectivity index (χ1n) is 5.75. The van der Waals surface area contributed by atoms with Crippen molar-refractivity contribution in [2.45, 2.75) is 25.5 Å². The SMILES string of the molecule is O=C=NCc1cccc(OC2CCSCC2)c1. The third kappa shape index (κ3) is 3.91. The molecule has 3 nitrogen and oxygen atoms in total. The van der Waals surface area contributed by atoms with Gasteiger partial charge in [-0.25, -0.2) is 9.79 Å². The van der Waals surface area contributed by atoms with Gasteiger partial charge in [0.1, 0.15) is 11.9 Å². The molecule has 1 aromatic carbocycles. The van der Waals surface area contributed by atoms with E-state index in [2.05, 4.69) is 4.99 Å². The van der Waals surface area contributed by atoms with E-state index >= 15 is 0 Å². The molecule has 0 bridgehead atoms. The molecule has 4 heteroatoms. The molecule has 0 saturated carbocycles. The lowest BCUT2D eigenvalue weighted by molar-refractivity contribution is 0.192. The Morgan fingerprint density at radius 3 is 3.00 bits per heavy atom. The van der Waals surface area contributed by atoms with Crippen LogP contribution in [0.15, 0.2) is 29.3 Å². The lowest BCUT2D eigenvalue weighted by Gasteiger charge is -2.22. The molecular weight excluding hydrogens is 234 g/mol. The van der Waals surface area contributed by atoms with Crippen molar-refractivity contribution in [1.29, 1.82) is 0 Å². The zero-order valence-corrected chi connectivity index (χ0v) is 10.4. The summed E-state index contributed by atoms with van der Waals surface area (Å²) >= 11 is 1.99. The van der Waals surface area contributed by atoms with Gasteiger partial charge in [-0.3, -0.25) is 0 Å². The minimum atomic E-state index is 0.334. The van der Waals surface area contributed by atoms with Gasteiger partial charge in [0.25, 0.3) is 0 Å². The first kappa shape index (κ1) is 12.2. The van der Waals surface area contributed by atoms with Crippen LogP contribution in [0.25, 0.3) is 0 Å². The van der Waals surface area contributed by atoms with E-state index in [-0.39, 0.29) is 0 Å². The fourth-order valence-electron chi connectivity index (χ4n) is 1.83. The standard InChI is InChI=1S/C13H15NO2S/c15-10-14-9-11-2-1-3-13(8-11)16-12-4-6-17-7-5-12/h1-3,8,12H,4-7,9H2. The van der Waals surface area contributed by atoms with Crippen molar-refractivity contribution in [1.82, 2.24) is 0 Å². The second-order valence-corrected chi connectivity index (χ2v) is 5.21. The maximum absolute atomic E-state index is 10.1. The third-order valence-corrected chi connectivity index (χ3v) is 3.74. The summed E-state index contributed by atoms with van der Waals surface area (Å²) in [4.78, 5) is 13.6. The molecule has 1 aromatic rings. The molecule has 17 heavy (non-hydrogen) atoms. The highest BCUT2D eigenvalue weighted by atomic mass is 32.2. The van der Waals surface area contributed by atoms with Crippen molar-refractivity contribution in [3.63, 3.8) is 0 Å². The maximum atomic E-state index is 10.1. The zero-order valence-electron chi connectivity index (χ0n) is 9.59. The monoisotopic (exact) mass is 249 g/mol. The van der Waals surface area contributed by atoms with Gasteiger partial charge >= 0.3 is 0 Å². The number of rotatable bonds is 4. The number of hydrogen-bond donors (Lipinski definition) is 0. The molecule has 0 atom stereocenters. The molecule has 1 aliphatic rings. The molecule has 0 unspecified atom stereocenters. The van der Waals surface area contributed by atoms with Crippen LogP contribution in [0.2, 0.25) is 0 Å². The van der Waals surface area contributed by atoms with Crippen LogP contribution in [-0.2, 0) is 11.3 Å². The molecule has 90 valence electrons. The second-order valence-electron chi connectivity index (χ2n) is 3.98. The van der Waals surface area contributed by atoms with Gasteiger partial charge in [0.05, 0.1) is 6.54 Å². The van der Waals surface area contributed by atoms with Crippen molar-refractivity contribution in [2.24, 2.45) is 4.99 Å². The Kier molecular flexibility index (Phi) is 4.65. The van der Waals surface area contributed by atoms with E-state index < -0.39 is 0 Å². The van der Waals surface area contributed by atoms with Gasteiger partial charge in [0.15, 0.2) is 0 Å². The van der Waals surface area contributed by atoms with E-state index in [1.807, 2.05) is 36.0 Å². The Morgan fingerprint density at radius 1 is 1.41 bits per heavy atom. The third-order valence-electron chi connectivity index (χ3n) is 2.70. The van der Waals surface area contributed by atoms with Crippen LogP contribution in [0.4, 0.5) is 0 Å². The van der Waals surface area contributed by atoms with Gasteiger partial charge < -0.3 is 4.74 Å². The summed E-state index contributed by atoms with van der Waals surface area (Å²) in [5.74, 6) is 3.24. The number of hydrogen-bond acceptors (Lipinski definition) is 4. The van der Waals surface area contributed by atoms with Crippen molar-refractivity contribution < 1.29 is 9.53 Å². The van der Waals surface area contributed by atoms with Gasteiger partial charge in [-0.05, 0) is 42.0 Å². The highest BCUT2D eigenvalue weighted by Crippen LogP contribution is 2.23. The molecule has 1 aliphatic heterocycles. The zero-order chi connectivity index (χ0) is 11.9. The van der Waals surface area contributed by atoms with Crippen LogP contribution in [0.3, 0.4) is 0 Å². The average Bonchev–Trinajstić information content (AvgIpc) is 2.38. The summed E-state index contributed by atoms with van der Waals surface area (Å²) in [6.07, 6.45) is 4.11. The number of thioether (sulfide) groups is 1. The smallest absolute Gasteiger partial charge is 0.235 e. The Labute approximate surface area is 105 Å². The van der Waals surface area contributed by atoms with Gasteiger partial charge in [-0.1, -0.05) is 12.1 Å². The minimum Gasteiger partial charge on any atom is -0.490 e. The van der Waals surface area contributed by atoms with Crippen LogP contribution in [-0.4, -0.2) is 23.7 Å². The van der Waals surface area contributed by atoms with Crippen molar-refractivity contribution in [3.05, 3.63) is 29.8 Å². The normalized spacial score (nSPS) is 16.2. The summed E-state index contributed by atoms with van der Waals surface area (Å²) in [5.41, 5.74) is 0.982. The van der Waals surface area contributed by atoms with Gasteiger partial charge in [-0.15, -0.1) is 0 Å². The first-order valence-corrected chi connectivity index (χ1v) is 6.91. The van der Waals surface area contributed by atoms with Gasteiger partial charge in [0.2, 0.25) is 6.08 Å². The van der Waals surface area contributed by atoms with E-state index in [4.69, 9.17) is 4.74 Å². The predicted molar refractivity (Wildman–Crippen MR) is 69.2 cm³/mol. The van der Waals surface area contributed by atoms with Crippen LogP contribution < -0.4 is 4.74 Å². The van der Waals surface area contributed by atoms with Crippen LogP contribution >= 0.6 is 11.8 Å². The van der Waals surface area contributed by atoms with E-state index in [1.54, 1.807) is 6.08 Å². The van der Waals surface area contributed by atoms with Crippen molar-refractivity contribution in [3.8, 4) is 5.75 Å². The summed E-state index contributed by atoms with van der Waals surface area (Å²) < 4.78 is 5.92. The number of benzene rings is 1. The molecule has 0 amide bonds. The lowest BCUT2D eigenvalue weighted by Crippen LogP contribution is -2.22. The minimum absolute atomic E-state index is 0.334. The highest BCUT2D eigenvalue weighted by Gasteiger charge is 2.14. The van der Waals surface area contributed by atoms with Gasteiger partial charge in [-0.2, -0.15) is 11.8 Å². The van der Waals surface area contributed by atoms with Gasteiger partial charge in [0, 0.05) is 0 Å². The Balaban J connectivity index is 1.97. The number of carbonyl (C=O) groups excluding carboxylic acids is 1. The lowest BCUT2D eigenvalue weighted by atomic mass is 10.2. The summed E-state index contributed by atoms with van der Waals surface area (Å²) in [5, 5.41) is 0. The Bertz CT molecular complexity index is 410. The van der Waals surface area contributed by atoms with E-state index in [0.717, 1.165) is 24.2 Å². The number of nitrogens with zero attached hydrogens (tertiary/aromatic N) is 1. The molecule has 1 fully saturated rings. The van der Waals surface area contributed by atoms with E-state index in [9.17, 15) is 4.79 Å². The van der Waals surface area contributed by atoms with Crippen LogP contribution in [0.1, 0.15) is 18.4 Å². The fourth-order valence-corrected chi connectivity index (χ4v) is 2.89. The quantitative estimate of drug-likeness (QED) is 0.608. The molecule has 0 spiro atoms. The first-order chi connectivity index (χ1) is 8.38. The highest BCUT2D eigenvalue weighted by molar-refractivity contribution is 7.99. The van der Waals surface area contributed by atoms with Crippen molar-refractivity contribution >= 4 is 17.8 Å². The van der Waals surface area contributed by atoms with Crippen LogP contribution in [0.5, 0.6) is 5.75 Å². The molecule has 0 radical (unpaired) electrons. The number of aliphatic imine (C=N–C) groups is 1. The predicted octanol–water partition coefficient (Wildman–Crippen LogP) is 2.80. The maximum Gasteiger partial charge on any atom is 0.235 e. The van der Waals surface area contributed by atoms with E-state index in [0.29, 0.717) is 12.6 Å². The molecule has 1 saturated heterocycles. The van der Waals surface area contributed by atoms with Crippen LogP contribution in [0, 0.1) is 0 Å². The summed E-state index contributed by atoms with van der Waals surface area (Å²) in [6.45, 7) is 0.376. The molecule has 0 aliphatic carbocycles. The van der Waals surface area contributed by atoms with Crippen molar-refractivity contribution in [2.75, 3.05) is 11.5 Å². The largest absolute Gasteiger partial charge is 0.490 e. The topological polar surface area (TPSA) is 38.7 Å². The molecule has 0 aromatic heterocycles. The molecule has 2 rings (SSSR count). The summed E-state index contributed by atoms with van der Waals surface area (Å²) in [7, 11) is 0. The average molecular weight is 249 g/mol. The molecule has 0 N–H and O–H groups in total. The second kappa shape index (κ2) is 6.48.